The summed E-state index contributed by atoms with van der Waals surface area (Å²) in [4.78, 5) is 13.8. The van der Waals surface area contributed by atoms with Gasteiger partial charge in [0.1, 0.15) is 0 Å². The van der Waals surface area contributed by atoms with Crippen molar-refractivity contribution < 1.29 is 13.2 Å². The maximum atomic E-state index is 12.5. The van der Waals surface area contributed by atoms with E-state index in [2.05, 4.69) is 0 Å². The quantitative estimate of drug-likeness (QED) is 0.904. The van der Waals surface area contributed by atoms with Gasteiger partial charge in [-0.2, -0.15) is 0 Å². The first kappa shape index (κ1) is 18.2. The predicted octanol–water partition coefficient (Wildman–Crippen LogP) is 2.90. The summed E-state index contributed by atoms with van der Waals surface area (Å²) in [6.45, 7) is 5.73. The van der Waals surface area contributed by atoms with Crippen molar-refractivity contribution in [2.75, 3.05) is 7.05 Å². The number of sulfonamides is 1. The van der Waals surface area contributed by atoms with Gasteiger partial charge in [0.2, 0.25) is 10.0 Å². The summed E-state index contributed by atoms with van der Waals surface area (Å²) in [5, 5.41) is 5.05. The molecule has 0 saturated carbocycles. The fourth-order valence-electron chi connectivity index (χ4n) is 1.58. The average molecular weight is 353 g/mol. The SMILES string of the molecule is CCC(C)(C)N(C)C(=O)c1cc(S(N)(=O)=O)cc(Cl)c1Cl. The molecular formula is C13H18Cl2N2O3S. The number of nitrogens with two attached hydrogens (primary N) is 1. The Balaban J connectivity index is 3.43. The molecule has 0 aliphatic rings. The van der Waals surface area contributed by atoms with E-state index in [1.54, 1.807) is 7.05 Å². The Labute approximate surface area is 135 Å². The standard InChI is InChI=1S/C13H18Cl2N2O3S/c1-5-13(2,3)17(4)12(18)9-6-8(21(16,19)20)7-10(14)11(9)15/h6-7H,5H2,1-4H3,(H2,16,19,20). The van der Waals surface area contributed by atoms with Gasteiger partial charge in [0.15, 0.2) is 0 Å². The van der Waals surface area contributed by atoms with E-state index in [1.807, 2.05) is 20.8 Å². The molecule has 0 aromatic heterocycles. The smallest absolute Gasteiger partial charge is 0.255 e. The second-order valence-electron chi connectivity index (χ2n) is 5.34. The van der Waals surface area contributed by atoms with Crippen LogP contribution < -0.4 is 5.14 Å². The van der Waals surface area contributed by atoms with Gasteiger partial charge in [0.05, 0.1) is 20.5 Å². The van der Waals surface area contributed by atoms with Crippen LogP contribution in [0, 0.1) is 0 Å². The first-order chi connectivity index (χ1) is 9.41. The maximum absolute atomic E-state index is 12.5. The molecule has 8 heteroatoms. The summed E-state index contributed by atoms with van der Waals surface area (Å²) in [7, 11) is -2.35. The highest BCUT2D eigenvalue weighted by Crippen LogP contribution is 2.31. The van der Waals surface area contributed by atoms with Crippen LogP contribution in [0.1, 0.15) is 37.6 Å². The van der Waals surface area contributed by atoms with E-state index in [0.717, 1.165) is 18.6 Å². The highest BCUT2D eigenvalue weighted by molar-refractivity contribution is 7.89. The fourth-order valence-corrected chi connectivity index (χ4v) is 2.62. The van der Waals surface area contributed by atoms with Crippen LogP contribution in [-0.4, -0.2) is 31.8 Å². The number of primary sulfonamides is 1. The van der Waals surface area contributed by atoms with Crippen LogP contribution in [0.2, 0.25) is 10.0 Å². The zero-order valence-electron chi connectivity index (χ0n) is 12.3. The van der Waals surface area contributed by atoms with Gasteiger partial charge in [-0.25, -0.2) is 13.6 Å². The predicted molar refractivity (Wildman–Crippen MR) is 84.3 cm³/mol. The second kappa shape index (κ2) is 6.12. The van der Waals surface area contributed by atoms with Crippen LogP contribution in [0.25, 0.3) is 0 Å². The molecule has 0 saturated heterocycles. The minimum absolute atomic E-state index is 0.00724. The van der Waals surface area contributed by atoms with Crippen molar-refractivity contribution in [3.63, 3.8) is 0 Å². The largest absolute Gasteiger partial charge is 0.337 e. The van der Waals surface area contributed by atoms with E-state index in [4.69, 9.17) is 28.3 Å². The Morgan fingerprint density at radius 2 is 1.86 bits per heavy atom. The summed E-state index contributed by atoms with van der Waals surface area (Å²) in [5.41, 5.74) is -0.401. The molecule has 0 aliphatic carbocycles. The van der Waals surface area contributed by atoms with Gasteiger partial charge >= 0.3 is 0 Å². The Bertz CT molecular complexity index is 672. The van der Waals surface area contributed by atoms with Crippen LogP contribution in [-0.2, 0) is 10.0 Å². The number of carbonyl (C=O) groups is 1. The highest BCUT2D eigenvalue weighted by atomic mass is 35.5. The molecule has 1 amide bonds. The van der Waals surface area contributed by atoms with Crippen LogP contribution in [0.3, 0.4) is 0 Å². The minimum Gasteiger partial charge on any atom is -0.337 e. The van der Waals surface area contributed by atoms with Gasteiger partial charge in [0, 0.05) is 12.6 Å². The number of nitrogens with zero attached hydrogens (tertiary/aromatic N) is 1. The summed E-state index contributed by atoms with van der Waals surface area (Å²) in [6.07, 6.45) is 0.718. The number of hydrogen-bond acceptors (Lipinski definition) is 3. The summed E-state index contributed by atoms with van der Waals surface area (Å²) in [5.74, 6) is -0.417. The van der Waals surface area contributed by atoms with E-state index in [9.17, 15) is 13.2 Å². The van der Waals surface area contributed by atoms with Crippen molar-refractivity contribution in [3.8, 4) is 0 Å². The molecule has 1 aromatic rings. The Hall–Kier alpha value is -0.820. The van der Waals surface area contributed by atoms with E-state index in [-0.39, 0.29) is 20.5 Å². The third-order valence-corrected chi connectivity index (χ3v) is 5.33. The van der Waals surface area contributed by atoms with E-state index >= 15 is 0 Å². The van der Waals surface area contributed by atoms with Crippen LogP contribution >= 0.6 is 23.2 Å². The van der Waals surface area contributed by atoms with Gasteiger partial charge in [-0.05, 0) is 32.4 Å². The molecule has 0 fully saturated rings. The van der Waals surface area contributed by atoms with Gasteiger partial charge in [-0.3, -0.25) is 4.79 Å². The van der Waals surface area contributed by atoms with Gasteiger partial charge in [-0.1, -0.05) is 30.1 Å². The summed E-state index contributed by atoms with van der Waals surface area (Å²) < 4.78 is 22.9. The number of hydrogen-bond donors (Lipinski definition) is 1. The van der Waals surface area contributed by atoms with Crippen molar-refractivity contribution in [3.05, 3.63) is 27.7 Å². The first-order valence-corrected chi connectivity index (χ1v) is 8.52. The number of halogens is 2. The van der Waals surface area contributed by atoms with Crippen molar-refractivity contribution in [2.24, 2.45) is 5.14 Å². The van der Waals surface area contributed by atoms with Crippen molar-refractivity contribution in [2.45, 2.75) is 37.6 Å². The van der Waals surface area contributed by atoms with Crippen LogP contribution in [0.5, 0.6) is 0 Å². The van der Waals surface area contributed by atoms with Crippen LogP contribution in [0.15, 0.2) is 17.0 Å². The molecule has 0 bridgehead atoms. The lowest BCUT2D eigenvalue weighted by Crippen LogP contribution is -2.44. The molecule has 1 rings (SSSR count). The lowest BCUT2D eigenvalue weighted by molar-refractivity contribution is 0.0620. The maximum Gasteiger partial charge on any atom is 0.255 e. The number of rotatable bonds is 4. The zero-order valence-corrected chi connectivity index (χ0v) is 14.6. The first-order valence-electron chi connectivity index (χ1n) is 6.22. The molecule has 118 valence electrons. The number of carbonyl (C=O) groups excluding carboxylic acids is 1. The lowest BCUT2D eigenvalue weighted by Gasteiger charge is -2.35. The third-order valence-electron chi connectivity index (χ3n) is 3.64. The van der Waals surface area contributed by atoms with Crippen molar-refractivity contribution in [1.82, 2.24) is 4.90 Å². The number of benzene rings is 1. The summed E-state index contributed by atoms with van der Waals surface area (Å²) in [6, 6.07) is 2.27. The molecule has 0 aliphatic heterocycles. The normalized spacial score (nSPS) is 12.3. The Kier molecular flexibility index (Phi) is 5.31. The van der Waals surface area contributed by atoms with Gasteiger partial charge in [-0.15, -0.1) is 0 Å². The number of amides is 1. The van der Waals surface area contributed by atoms with Crippen LogP contribution in [0.4, 0.5) is 0 Å². The molecule has 0 spiro atoms. The van der Waals surface area contributed by atoms with E-state index in [1.165, 1.54) is 4.90 Å². The fraction of sp³-hybridized carbons (Fsp3) is 0.462. The van der Waals surface area contributed by atoms with E-state index < -0.39 is 21.5 Å². The highest BCUT2D eigenvalue weighted by Gasteiger charge is 2.29. The van der Waals surface area contributed by atoms with Crippen molar-refractivity contribution >= 4 is 39.1 Å². The molecule has 0 radical (unpaired) electrons. The molecule has 21 heavy (non-hydrogen) atoms. The molecule has 5 nitrogen and oxygen atoms in total. The molecule has 0 heterocycles. The molecule has 2 N–H and O–H groups in total. The lowest BCUT2D eigenvalue weighted by atomic mass is 9.99. The molecule has 0 atom stereocenters. The Morgan fingerprint density at radius 1 is 1.33 bits per heavy atom. The second-order valence-corrected chi connectivity index (χ2v) is 7.69. The minimum atomic E-state index is -3.98. The van der Waals surface area contributed by atoms with Crippen molar-refractivity contribution in [1.29, 1.82) is 0 Å². The average Bonchev–Trinajstić information content (AvgIpc) is 2.38. The Morgan fingerprint density at radius 3 is 2.29 bits per heavy atom. The van der Waals surface area contributed by atoms with Gasteiger partial charge < -0.3 is 4.90 Å². The van der Waals surface area contributed by atoms with Gasteiger partial charge in [0.25, 0.3) is 5.91 Å². The zero-order chi connectivity index (χ0) is 16.6. The molecule has 1 aromatic carbocycles. The molecular weight excluding hydrogens is 335 g/mol. The molecule has 0 unspecified atom stereocenters. The monoisotopic (exact) mass is 352 g/mol. The topological polar surface area (TPSA) is 80.5 Å². The van der Waals surface area contributed by atoms with E-state index in [0.29, 0.717) is 0 Å². The summed E-state index contributed by atoms with van der Waals surface area (Å²) >= 11 is 11.9. The third kappa shape index (κ3) is 3.88.